The number of amides is 3. The second-order valence-corrected chi connectivity index (χ2v) is 7.86. The molecule has 0 unspecified atom stereocenters. The Labute approximate surface area is 204 Å². The maximum absolute atomic E-state index is 12.1. The van der Waals surface area contributed by atoms with Crippen molar-refractivity contribution in [2.24, 2.45) is 5.10 Å². The van der Waals surface area contributed by atoms with Gasteiger partial charge in [0.1, 0.15) is 5.75 Å². The maximum Gasteiger partial charge on any atom is 0.329 e. The van der Waals surface area contributed by atoms with Gasteiger partial charge in [-0.2, -0.15) is 5.10 Å². The molecule has 8 nitrogen and oxygen atoms in total. The lowest BCUT2D eigenvalue weighted by Crippen LogP contribution is -2.39. The van der Waals surface area contributed by atoms with Crippen LogP contribution >= 0.6 is 0 Å². The topological polar surface area (TPSA) is 109 Å². The molecule has 0 radical (unpaired) electrons. The molecule has 180 valence electrons. The molecular weight excluding hydrogens is 444 g/mol. The van der Waals surface area contributed by atoms with Crippen LogP contribution in [0.15, 0.2) is 90.0 Å². The van der Waals surface area contributed by atoms with Crippen LogP contribution in [0.25, 0.3) is 0 Å². The summed E-state index contributed by atoms with van der Waals surface area (Å²) in [5.74, 6) is -1.35. The Hall–Kier alpha value is -4.46. The van der Waals surface area contributed by atoms with Crippen LogP contribution in [0.5, 0.6) is 5.75 Å². The Morgan fingerprint density at radius 3 is 1.89 bits per heavy atom. The first-order valence-corrected chi connectivity index (χ1v) is 11.2. The predicted molar refractivity (Wildman–Crippen MR) is 134 cm³/mol. The Bertz CT molecular complexity index is 1150. The van der Waals surface area contributed by atoms with Crippen molar-refractivity contribution in [2.75, 3.05) is 6.61 Å². The molecule has 0 spiro atoms. The van der Waals surface area contributed by atoms with E-state index < -0.39 is 11.8 Å². The molecule has 0 saturated heterocycles. The van der Waals surface area contributed by atoms with Gasteiger partial charge in [0.05, 0.1) is 18.3 Å². The van der Waals surface area contributed by atoms with Crippen LogP contribution in [0.1, 0.15) is 42.6 Å². The zero-order valence-electron chi connectivity index (χ0n) is 19.6. The molecule has 3 N–H and O–H groups in total. The van der Waals surface area contributed by atoms with Gasteiger partial charge in [-0.25, -0.2) is 5.43 Å². The number of hydrogen-bond donors (Lipinski definition) is 3. The van der Waals surface area contributed by atoms with Gasteiger partial charge in [0.15, 0.2) is 6.61 Å². The molecular formula is C27H28N4O4. The highest BCUT2D eigenvalue weighted by Gasteiger charge is 2.16. The molecule has 8 heteroatoms. The number of carbonyl (C=O) groups excluding carboxylic acids is 3. The highest BCUT2D eigenvalue weighted by Crippen LogP contribution is 2.13. The SMILES string of the molecule is C[C@H](NC(=O)COc1ccc(/C=N\NC(=O)C(=O)N[C@@H](C)c2ccccc2)cc1)c1ccccc1. The van der Waals surface area contributed by atoms with Crippen LogP contribution in [0, 0.1) is 0 Å². The molecule has 0 aliphatic carbocycles. The lowest BCUT2D eigenvalue weighted by atomic mass is 10.1. The summed E-state index contributed by atoms with van der Waals surface area (Å²) >= 11 is 0. The summed E-state index contributed by atoms with van der Waals surface area (Å²) < 4.78 is 5.53. The quantitative estimate of drug-likeness (QED) is 0.252. The Kier molecular flexibility index (Phi) is 9.13. The summed E-state index contributed by atoms with van der Waals surface area (Å²) in [4.78, 5) is 36.2. The molecule has 35 heavy (non-hydrogen) atoms. The van der Waals surface area contributed by atoms with E-state index in [1.165, 1.54) is 6.21 Å². The Balaban J connectivity index is 1.40. The van der Waals surface area contributed by atoms with Crippen molar-refractivity contribution < 1.29 is 19.1 Å². The summed E-state index contributed by atoms with van der Waals surface area (Å²) in [6.45, 7) is 3.59. The number of rotatable bonds is 9. The van der Waals surface area contributed by atoms with Crippen molar-refractivity contribution in [3.05, 3.63) is 102 Å². The van der Waals surface area contributed by atoms with Crippen LogP contribution in [-0.4, -0.2) is 30.5 Å². The molecule has 0 heterocycles. The normalized spacial score (nSPS) is 12.4. The van der Waals surface area contributed by atoms with Gasteiger partial charge in [-0.3, -0.25) is 14.4 Å². The highest BCUT2D eigenvalue weighted by atomic mass is 16.5. The molecule has 2 atom stereocenters. The van der Waals surface area contributed by atoms with Crippen molar-refractivity contribution in [3.63, 3.8) is 0 Å². The number of benzene rings is 3. The van der Waals surface area contributed by atoms with Gasteiger partial charge in [-0.05, 0) is 54.8 Å². The third-order valence-corrected chi connectivity index (χ3v) is 5.16. The van der Waals surface area contributed by atoms with Crippen LogP contribution in [-0.2, 0) is 14.4 Å². The van der Waals surface area contributed by atoms with Gasteiger partial charge in [0.25, 0.3) is 5.91 Å². The molecule has 3 aromatic rings. The number of carbonyl (C=O) groups is 3. The molecule has 0 fully saturated rings. The number of nitrogens with zero attached hydrogens (tertiary/aromatic N) is 1. The van der Waals surface area contributed by atoms with Crippen LogP contribution in [0.2, 0.25) is 0 Å². The molecule has 0 aromatic heterocycles. The van der Waals surface area contributed by atoms with Crippen molar-refractivity contribution >= 4 is 23.9 Å². The third-order valence-electron chi connectivity index (χ3n) is 5.16. The summed E-state index contributed by atoms with van der Waals surface area (Å²) in [6, 6.07) is 25.4. The largest absolute Gasteiger partial charge is 0.484 e. The van der Waals surface area contributed by atoms with E-state index in [0.29, 0.717) is 11.3 Å². The second-order valence-electron chi connectivity index (χ2n) is 7.86. The van der Waals surface area contributed by atoms with Crippen LogP contribution < -0.4 is 20.8 Å². The molecule has 3 aromatic carbocycles. The molecule has 0 bridgehead atoms. The fourth-order valence-corrected chi connectivity index (χ4v) is 3.21. The fourth-order valence-electron chi connectivity index (χ4n) is 3.21. The van der Waals surface area contributed by atoms with Gasteiger partial charge in [0, 0.05) is 0 Å². The van der Waals surface area contributed by atoms with Gasteiger partial charge in [-0.1, -0.05) is 60.7 Å². The molecule has 0 aliphatic heterocycles. The van der Waals surface area contributed by atoms with E-state index in [1.807, 2.05) is 67.6 Å². The summed E-state index contributed by atoms with van der Waals surface area (Å²) in [6.07, 6.45) is 1.41. The van der Waals surface area contributed by atoms with Gasteiger partial charge < -0.3 is 15.4 Å². The number of nitrogens with one attached hydrogen (secondary N) is 3. The van der Waals surface area contributed by atoms with Crippen LogP contribution in [0.4, 0.5) is 0 Å². The minimum atomic E-state index is -0.861. The summed E-state index contributed by atoms with van der Waals surface area (Å²) in [5, 5.41) is 9.33. The standard InChI is InChI=1S/C27H28N4O4/c1-19(22-9-5-3-6-10-22)29-25(32)18-35-24-15-13-21(14-16-24)17-28-31-27(34)26(33)30-20(2)23-11-7-4-8-12-23/h3-17,19-20H,18H2,1-2H3,(H,29,32)(H,30,33)(H,31,34)/b28-17-/t19-,20-/m0/s1. The minimum Gasteiger partial charge on any atom is -0.484 e. The van der Waals surface area contributed by atoms with Crippen LogP contribution in [0.3, 0.4) is 0 Å². The lowest BCUT2D eigenvalue weighted by Gasteiger charge is -2.14. The Morgan fingerprint density at radius 2 is 1.31 bits per heavy atom. The fraction of sp³-hybridized carbons (Fsp3) is 0.185. The van der Waals surface area contributed by atoms with E-state index in [0.717, 1.165) is 11.1 Å². The van der Waals surface area contributed by atoms with Crippen molar-refractivity contribution in [1.29, 1.82) is 0 Å². The van der Waals surface area contributed by atoms with Crippen molar-refractivity contribution in [2.45, 2.75) is 25.9 Å². The highest BCUT2D eigenvalue weighted by molar-refractivity contribution is 6.35. The smallest absolute Gasteiger partial charge is 0.329 e. The predicted octanol–water partition coefficient (Wildman–Crippen LogP) is 3.27. The van der Waals surface area contributed by atoms with Gasteiger partial charge in [0.2, 0.25) is 0 Å². The number of hydrogen-bond acceptors (Lipinski definition) is 5. The van der Waals surface area contributed by atoms with E-state index in [9.17, 15) is 14.4 Å². The first-order valence-electron chi connectivity index (χ1n) is 11.2. The van der Waals surface area contributed by atoms with E-state index in [4.69, 9.17) is 4.74 Å². The average Bonchev–Trinajstić information content (AvgIpc) is 2.89. The van der Waals surface area contributed by atoms with E-state index in [-0.39, 0.29) is 24.6 Å². The molecule has 0 aliphatic rings. The third kappa shape index (κ3) is 8.12. The zero-order chi connectivity index (χ0) is 25.0. The first kappa shape index (κ1) is 25.2. The molecule has 3 rings (SSSR count). The Morgan fingerprint density at radius 1 is 0.771 bits per heavy atom. The lowest BCUT2D eigenvalue weighted by molar-refractivity contribution is -0.139. The second kappa shape index (κ2) is 12.7. The monoisotopic (exact) mass is 472 g/mol. The van der Waals surface area contributed by atoms with Crippen molar-refractivity contribution in [1.82, 2.24) is 16.1 Å². The number of ether oxygens (including phenoxy) is 1. The molecule has 0 saturated carbocycles. The van der Waals surface area contributed by atoms with E-state index in [1.54, 1.807) is 31.2 Å². The zero-order valence-corrected chi connectivity index (χ0v) is 19.6. The first-order chi connectivity index (χ1) is 16.9. The summed E-state index contributed by atoms with van der Waals surface area (Å²) in [7, 11) is 0. The average molecular weight is 473 g/mol. The van der Waals surface area contributed by atoms with Crippen molar-refractivity contribution in [3.8, 4) is 5.75 Å². The minimum absolute atomic E-state index is 0.114. The van der Waals surface area contributed by atoms with Gasteiger partial charge in [-0.15, -0.1) is 0 Å². The van der Waals surface area contributed by atoms with E-state index >= 15 is 0 Å². The number of hydrazone groups is 1. The van der Waals surface area contributed by atoms with Gasteiger partial charge >= 0.3 is 11.8 Å². The van der Waals surface area contributed by atoms with E-state index in [2.05, 4.69) is 21.2 Å². The maximum atomic E-state index is 12.1. The molecule has 3 amide bonds. The summed E-state index contributed by atoms with van der Waals surface area (Å²) in [5.41, 5.74) is 4.79.